The van der Waals surface area contributed by atoms with Crippen LogP contribution in [0, 0.1) is 0 Å². The van der Waals surface area contributed by atoms with Gasteiger partial charge in [0.1, 0.15) is 11.5 Å². The molecule has 1 saturated heterocycles. The van der Waals surface area contributed by atoms with Crippen LogP contribution in [-0.2, 0) is 9.84 Å². The van der Waals surface area contributed by atoms with E-state index in [1.807, 2.05) is 0 Å². The summed E-state index contributed by atoms with van der Waals surface area (Å²) in [6.45, 7) is 0.880. The van der Waals surface area contributed by atoms with Crippen molar-refractivity contribution in [2.24, 2.45) is 0 Å². The topological polar surface area (TPSA) is 72.0 Å². The lowest BCUT2D eigenvalue weighted by atomic mass is 10.1. The van der Waals surface area contributed by atoms with Gasteiger partial charge < -0.3 is 5.32 Å². The number of hydrogen-bond donors (Lipinski definition) is 1. The van der Waals surface area contributed by atoms with E-state index in [1.165, 1.54) is 12.4 Å². The fourth-order valence-corrected chi connectivity index (χ4v) is 3.60. The van der Waals surface area contributed by atoms with Gasteiger partial charge >= 0.3 is 0 Å². The Bertz CT molecular complexity index is 486. The van der Waals surface area contributed by atoms with Crippen LogP contribution in [0.4, 0.5) is 0 Å². The van der Waals surface area contributed by atoms with Crippen LogP contribution in [0.15, 0.2) is 17.4 Å². The van der Waals surface area contributed by atoms with Crippen molar-refractivity contribution in [3.05, 3.63) is 17.5 Å². The lowest BCUT2D eigenvalue weighted by molar-refractivity contribution is 0.423. The monoisotopic (exact) mass is 275 g/mol. The summed E-state index contributed by atoms with van der Waals surface area (Å²) in [7, 11) is -3.38. The Labute approximate surface area is 106 Å². The van der Waals surface area contributed by atoms with Gasteiger partial charge in [-0.1, -0.05) is 18.0 Å². The minimum Gasteiger partial charge on any atom is -0.313 e. The summed E-state index contributed by atoms with van der Waals surface area (Å²) in [5, 5.41) is 3.36. The molecule has 1 atom stereocenters. The fourth-order valence-electron chi connectivity index (χ4n) is 1.90. The number of piperidine rings is 1. The van der Waals surface area contributed by atoms with Gasteiger partial charge in [0.05, 0.1) is 5.75 Å². The summed E-state index contributed by atoms with van der Waals surface area (Å²) >= 11 is 5.66. The van der Waals surface area contributed by atoms with Crippen molar-refractivity contribution in [1.82, 2.24) is 15.3 Å². The van der Waals surface area contributed by atoms with E-state index < -0.39 is 9.84 Å². The summed E-state index contributed by atoms with van der Waals surface area (Å²) < 4.78 is 24.1. The van der Waals surface area contributed by atoms with Crippen LogP contribution in [0.5, 0.6) is 0 Å². The van der Waals surface area contributed by atoms with Gasteiger partial charge in [0, 0.05) is 12.1 Å². The molecule has 1 fully saturated rings. The molecule has 0 saturated carbocycles. The quantitative estimate of drug-likeness (QED) is 0.835. The Hall–Kier alpha value is -0.720. The number of halogens is 1. The predicted octanol–water partition coefficient (Wildman–Crippen LogP) is 1.05. The van der Waals surface area contributed by atoms with Crippen LogP contribution in [0.2, 0.25) is 5.15 Å². The smallest absolute Gasteiger partial charge is 0.197 e. The standard InChI is InChI=1S/C10H14ClN3O2S/c11-9-5-10(14-7-13-9)17(15,16)6-8-3-1-2-4-12-8/h5,7-8,12H,1-4,6H2/t8-/m1/s1. The number of sulfone groups is 1. The molecule has 0 aromatic carbocycles. The maximum Gasteiger partial charge on any atom is 0.197 e. The predicted molar refractivity (Wildman–Crippen MR) is 64.7 cm³/mol. The third-order valence-electron chi connectivity index (χ3n) is 2.76. The first-order valence-corrected chi connectivity index (χ1v) is 7.55. The zero-order valence-electron chi connectivity index (χ0n) is 9.26. The number of nitrogens with zero attached hydrogens (tertiary/aromatic N) is 2. The zero-order chi connectivity index (χ0) is 12.3. The third-order valence-corrected chi connectivity index (χ3v) is 4.67. The summed E-state index contributed by atoms with van der Waals surface area (Å²) in [6, 6.07) is 1.31. The lowest BCUT2D eigenvalue weighted by Gasteiger charge is -2.22. The molecule has 2 heterocycles. The van der Waals surface area contributed by atoms with Crippen molar-refractivity contribution < 1.29 is 8.42 Å². The normalized spacial score (nSPS) is 21.4. The molecular formula is C10H14ClN3O2S. The van der Waals surface area contributed by atoms with E-state index in [-0.39, 0.29) is 22.0 Å². The summed E-state index contributed by atoms with van der Waals surface area (Å²) in [5.74, 6) is 0.0698. The van der Waals surface area contributed by atoms with Gasteiger partial charge in [-0.3, -0.25) is 0 Å². The Morgan fingerprint density at radius 1 is 1.41 bits per heavy atom. The number of rotatable bonds is 3. The van der Waals surface area contributed by atoms with Crippen LogP contribution in [0.1, 0.15) is 19.3 Å². The fraction of sp³-hybridized carbons (Fsp3) is 0.600. The second kappa shape index (κ2) is 5.29. The van der Waals surface area contributed by atoms with Gasteiger partial charge in [-0.25, -0.2) is 18.4 Å². The minimum absolute atomic E-state index is 0.00451. The summed E-state index contributed by atoms with van der Waals surface area (Å²) in [5.41, 5.74) is 0. The first-order chi connectivity index (χ1) is 8.08. The van der Waals surface area contributed by atoms with Crippen LogP contribution in [0.3, 0.4) is 0 Å². The molecule has 0 unspecified atom stereocenters. The molecule has 0 amide bonds. The van der Waals surface area contributed by atoms with Crippen LogP contribution < -0.4 is 5.32 Å². The maximum absolute atomic E-state index is 12.1. The van der Waals surface area contributed by atoms with E-state index in [2.05, 4.69) is 15.3 Å². The number of aromatic nitrogens is 2. The Morgan fingerprint density at radius 2 is 2.24 bits per heavy atom. The molecule has 0 radical (unpaired) electrons. The van der Waals surface area contributed by atoms with Crippen molar-refractivity contribution in [2.75, 3.05) is 12.3 Å². The van der Waals surface area contributed by atoms with Gasteiger partial charge in [0.15, 0.2) is 14.9 Å². The van der Waals surface area contributed by atoms with Crippen molar-refractivity contribution in [3.8, 4) is 0 Å². The highest BCUT2D eigenvalue weighted by atomic mass is 35.5. The van der Waals surface area contributed by atoms with E-state index in [1.54, 1.807) is 0 Å². The van der Waals surface area contributed by atoms with Crippen molar-refractivity contribution in [3.63, 3.8) is 0 Å². The molecule has 2 rings (SSSR count). The summed E-state index contributed by atoms with van der Waals surface area (Å²) in [6.07, 6.45) is 4.23. The van der Waals surface area contributed by atoms with E-state index in [9.17, 15) is 8.42 Å². The molecule has 1 N–H and O–H groups in total. The van der Waals surface area contributed by atoms with Crippen molar-refractivity contribution in [2.45, 2.75) is 30.3 Å². The van der Waals surface area contributed by atoms with Gasteiger partial charge in [-0.15, -0.1) is 0 Å². The molecule has 0 bridgehead atoms. The van der Waals surface area contributed by atoms with E-state index in [4.69, 9.17) is 11.6 Å². The van der Waals surface area contributed by atoms with E-state index >= 15 is 0 Å². The molecule has 1 aromatic rings. The minimum atomic E-state index is -3.38. The highest BCUT2D eigenvalue weighted by Gasteiger charge is 2.23. The molecule has 1 aliphatic rings. The average molecular weight is 276 g/mol. The molecule has 0 aliphatic carbocycles. The van der Waals surface area contributed by atoms with Gasteiger partial charge in [-0.05, 0) is 19.4 Å². The molecule has 7 heteroatoms. The summed E-state index contributed by atoms with van der Waals surface area (Å²) in [4.78, 5) is 7.44. The lowest BCUT2D eigenvalue weighted by Crippen LogP contribution is -2.39. The van der Waals surface area contributed by atoms with Crippen LogP contribution in [0.25, 0.3) is 0 Å². The third kappa shape index (κ3) is 3.37. The highest BCUT2D eigenvalue weighted by Crippen LogP contribution is 2.15. The Morgan fingerprint density at radius 3 is 2.88 bits per heavy atom. The SMILES string of the molecule is O=S(=O)(C[C@H]1CCCCN1)c1cc(Cl)ncn1. The van der Waals surface area contributed by atoms with Crippen molar-refractivity contribution >= 4 is 21.4 Å². The molecule has 5 nitrogen and oxygen atoms in total. The van der Waals surface area contributed by atoms with Crippen LogP contribution in [-0.4, -0.2) is 36.7 Å². The number of hydrogen-bond acceptors (Lipinski definition) is 5. The Balaban J connectivity index is 2.13. The average Bonchev–Trinajstić information content (AvgIpc) is 2.30. The molecule has 94 valence electrons. The van der Waals surface area contributed by atoms with Gasteiger partial charge in [-0.2, -0.15) is 0 Å². The Kier molecular flexibility index (Phi) is 3.96. The van der Waals surface area contributed by atoms with E-state index in [0.717, 1.165) is 25.8 Å². The van der Waals surface area contributed by atoms with E-state index in [0.29, 0.717) is 0 Å². The van der Waals surface area contributed by atoms with Gasteiger partial charge in [0.25, 0.3) is 0 Å². The molecular weight excluding hydrogens is 262 g/mol. The highest BCUT2D eigenvalue weighted by molar-refractivity contribution is 7.91. The molecule has 0 spiro atoms. The molecule has 1 aliphatic heterocycles. The molecule has 1 aromatic heterocycles. The number of nitrogens with one attached hydrogen (secondary N) is 1. The van der Waals surface area contributed by atoms with Gasteiger partial charge in [0.2, 0.25) is 0 Å². The first kappa shape index (κ1) is 12.7. The first-order valence-electron chi connectivity index (χ1n) is 5.51. The second-order valence-electron chi connectivity index (χ2n) is 4.11. The zero-order valence-corrected chi connectivity index (χ0v) is 10.8. The van der Waals surface area contributed by atoms with Crippen molar-refractivity contribution in [1.29, 1.82) is 0 Å². The maximum atomic E-state index is 12.1. The van der Waals surface area contributed by atoms with Crippen LogP contribution >= 0.6 is 11.6 Å². The molecule has 17 heavy (non-hydrogen) atoms. The second-order valence-corrected chi connectivity index (χ2v) is 6.48. The largest absolute Gasteiger partial charge is 0.313 e.